The first kappa shape index (κ1) is 18.7. The summed E-state index contributed by atoms with van der Waals surface area (Å²) in [4.78, 5) is 21.1. The maximum Gasteiger partial charge on any atom is 0.274 e. The number of nitrogens with zero attached hydrogens (tertiary/aromatic N) is 2. The van der Waals surface area contributed by atoms with E-state index in [1.165, 1.54) is 13.3 Å². The van der Waals surface area contributed by atoms with Crippen LogP contribution in [0.25, 0.3) is 0 Å². The molecule has 2 N–H and O–H groups in total. The van der Waals surface area contributed by atoms with Gasteiger partial charge in [-0.2, -0.15) is 0 Å². The molecule has 0 spiro atoms. The number of anilines is 3. The van der Waals surface area contributed by atoms with Crippen molar-refractivity contribution in [2.45, 2.75) is 13.3 Å². The van der Waals surface area contributed by atoms with Crippen molar-refractivity contribution in [1.82, 2.24) is 9.97 Å². The first-order chi connectivity index (χ1) is 13.1. The molecule has 6 nitrogen and oxygen atoms in total. The van der Waals surface area contributed by atoms with Gasteiger partial charge in [0.15, 0.2) is 0 Å². The zero-order chi connectivity index (χ0) is 19.2. The number of amides is 1. The molecule has 0 aliphatic rings. The van der Waals surface area contributed by atoms with Gasteiger partial charge in [-0.25, -0.2) is 9.97 Å². The van der Waals surface area contributed by atoms with Gasteiger partial charge in [0.25, 0.3) is 5.91 Å². The quantitative estimate of drug-likeness (QED) is 0.646. The van der Waals surface area contributed by atoms with Crippen molar-refractivity contribution in [3.63, 3.8) is 0 Å². The molecule has 0 bridgehead atoms. The molecule has 0 atom stereocenters. The van der Waals surface area contributed by atoms with Gasteiger partial charge >= 0.3 is 0 Å². The smallest absolute Gasteiger partial charge is 0.274 e. The van der Waals surface area contributed by atoms with Crippen LogP contribution in [-0.2, 0) is 6.42 Å². The summed E-state index contributed by atoms with van der Waals surface area (Å²) in [6.45, 7) is 2.07. The van der Waals surface area contributed by atoms with Crippen molar-refractivity contribution in [3.8, 4) is 5.75 Å². The Morgan fingerprint density at radius 1 is 1.15 bits per heavy atom. The molecule has 138 valence electrons. The summed E-state index contributed by atoms with van der Waals surface area (Å²) in [6.07, 6.45) is 2.41. The molecule has 0 aliphatic heterocycles. The van der Waals surface area contributed by atoms with Crippen LogP contribution in [0, 0.1) is 0 Å². The second kappa shape index (κ2) is 8.51. The van der Waals surface area contributed by atoms with E-state index in [1.54, 1.807) is 24.3 Å². The third-order valence-corrected chi connectivity index (χ3v) is 4.18. The fraction of sp³-hybridized carbons (Fsp3) is 0.150. The molecule has 0 radical (unpaired) electrons. The van der Waals surface area contributed by atoms with Gasteiger partial charge in [-0.1, -0.05) is 36.7 Å². The molecule has 0 fully saturated rings. The van der Waals surface area contributed by atoms with Crippen LogP contribution in [0.15, 0.2) is 54.7 Å². The van der Waals surface area contributed by atoms with Gasteiger partial charge in [0, 0.05) is 16.9 Å². The number of halogens is 1. The molecule has 2 aromatic carbocycles. The number of aryl methyl sites for hydroxylation is 1. The Morgan fingerprint density at radius 2 is 1.96 bits per heavy atom. The van der Waals surface area contributed by atoms with Crippen molar-refractivity contribution in [1.29, 1.82) is 0 Å². The van der Waals surface area contributed by atoms with Crippen molar-refractivity contribution >= 4 is 34.8 Å². The summed E-state index contributed by atoms with van der Waals surface area (Å²) in [5.41, 5.74) is 2.75. The van der Waals surface area contributed by atoms with E-state index < -0.39 is 0 Å². The molecule has 0 saturated heterocycles. The Labute approximate surface area is 162 Å². The lowest BCUT2D eigenvalue weighted by Crippen LogP contribution is -2.15. The topological polar surface area (TPSA) is 76.1 Å². The van der Waals surface area contributed by atoms with E-state index in [0.29, 0.717) is 22.4 Å². The van der Waals surface area contributed by atoms with Crippen LogP contribution < -0.4 is 15.4 Å². The lowest BCUT2D eigenvalue weighted by molar-refractivity contribution is 0.102. The van der Waals surface area contributed by atoms with Crippen LogP contribution >= 0.6 is 11.6 Å². The van der Waals surface area contributed by atoms with Crippen molar-refractivity contribution < 1.29 is 9.53 Å². The minimum Gasteiger partial charge on any atom is -0.495 e. The normalized spacial score (nSPS) is 10.3. The molecule has 27 heavy (non-hydrogen) atoms. The van der Waals surface area contributed by atoms with Gasteiger partial charge in [-0.05, 0) is 42.3 Å². The average molecular weight is 383 g/mol. The minimum atomic E-state index is -0.384. The number of methoxy groups -OCH3 is 1. The number of carbonyl (C=O) groups is 1. The van der Waals surface area contributed by atoms with E-state index in [2.05, 4.69) is 27.5 Å². The highest BCUT2D eigenvalue weighted by molar-refractivity contribution is 6.31. The molecule has 1 heterocycles. The van der Waals surface area contributed by atoms with Gasteiger partial charge in [-0.15, -0.1) is 0 Å². The van der Waals surface area contributed by atoms with Crippen LogP contribution in [0.5, 0.6) is 5.75 Å². The van der Waals surface area contributed by atoms with Gasteiger partial charge in [0.1, 0.15) is 11.4 Å². The standard InChI is InChI=1S/C20H19ClN4O2/c1-3-13-6-4-5-7-15(13)24-20-22-11-10-16(25-20)19(26)23-17-12-14(21)8-9-18(17)27-2/h4-12H,3H2,1-2H3,(H,23,26)(H,22,24,25). The van der Waals surface area contributed by atoms with E-state index in [4.69, 9.17) is 16.3 Å². The summed E-state index contributed by atoms with van der Waals surface area (Å²) in [6, 6.07) is 14.4. The van der Waals surface area contributed by atoms with E-state index in [-0.39, 0.29) is 11.6 Å². The second-order valence-electron chi connectivity index (χ2n) is 5.70. The van der Waals surface area contributed by atoms with Crippen LogP contribution in [0.2, 0.25) is 5.02 Å². The largest absolute Gasteiger partial charge is 0.495 e. The maximum atomic E-state index is 12.6. The van der Waals surface area contributed by atoms with Gasteiger partial charge in [0.05, 0.1) is 12.8 Å². The summed E-state index contributed by atoms with van der Waals surface area (Å²) in [5, 5.41) is 6.42. The zero-order valence-electron chi connectivity index (χ0n) is 15.0. The molecule has 0 saturated carbocycles. The van der Waals surface area contributed by atoms with E-state index in [1.807, 2.05) is 24.3 Å². The predicted molar refractivity (Wildman–Crippen MR) is 107 cm³/mol. The fourth-order valence-corrected chi connectivity index (χ4v) is 2.75. The minimum absolute atomic E-state index is 0.225. The number of para-hydroxylation sites is 1. The number of ether oxygens (including phenoxy) is 1. The third-order valence-electron chi connectivity index (χ3n) is 3.94. The SMILES string of the molecule is CCc1ccccc1Nc1nccc(C(=O)Nc2cc(Cl)ccc2OC)n1. The molecule has 3 rings (SSSR count). The molecule has 7 heteroatoms. The predicted octanol–water partition coefficient (Wildman–Crippen LogP) is 4.70. The molecular weight excluding hydrogens is 364 g/mol. The van der Waals surface area contributed by atoms with E-state index in [0.717, 1.165) is 17.7 Å². The second-order valence-corrected chi connectivity index (χ2v) is 6.14. The molecule has 3 aromatic rings. The Bertz CT molecular complexity index is 962. The summed E-state index contributed by atoms with van der Waals surface area (Å²) in [5.74, 6) is 0.475. The van der Waals surface area contributed by atoms with Crippen molar-refractivity contribution in [3.05, 3.63) is 71.0 Å². The van der Waals surface area contributed by atoms with Crippen LogP contribution in [0.3, 0.4) is 0 Å². The van der Waals surface area contributed by atoms with Gasteiger partial charge in [0.2, 0.25) is 5.95 Å². The van der Waals surface area contributed by atoms with Gasteiger partial charge in [-0.3, -0.25) is 4.79 Å². The van der Waals surface area contributed by atoms with E-state index in [9.17, 15) is 4.79 Å². The number of carbonyl (C=O) groups excluding carboxylic acids is 1. The van der Waals surface area contributed by atoms with Crippen LogP contribution in [0.4, 0.5) is 17.3 Å². The van der Waals surface area contributed by atoms with Crippen molar-refractivity contribution in [2.24, 2.45) is 0 Å². The first-order valence-electron chi connectivity index (χ1n) is 8.43. The molecule has 1 amide bonds. The number of aromatic nitrogens is 2. The lowest BCUT2D eigenvalue weighted by Gasteiger charge is -2.12. The highest BCUT2D eigenvalue weighted by Gasteiger charge is 2.13. The number of nitrogens with one attached hydrogen (secondary N) is 2. The van der Waals surface area contributed by atoms with Crippen molar-refractivity contribution in [2.75, 3.05) is 17.7 Å². The maximum absolute atomic E-state index is 12.6. The van der Waals surface area contributed by atoms with Gasteiger partial charge < -0.3 is 15.4 Å². The van der Waals surface area contributed by atoms with Crippen LogP contribution in [0.1, 0.15) is 23.0 Å². The molecular formula is C20H19ClN4O2. The Kier molecular flexibility index (Phi) is 5.88. The summed E-state index contributed by atoms with van der Waals surface area (Å²) >= 11 is 6.00. The lowest BCUT2D eigenvalue weighted by atomic mass is 10.1. The monoisotopic (exact) mass is 382 g/mol. The first-order valence-corrected chi connectivity index (χ1v) is 8.81. The van der Waals surface area contributed by atoms with E-state index >= 15 is 0 Å². The number of benzene rings is 2. The highest BCUT2D eigenvalue weighted by atomic mass is 35.5. The number of hydrogen-bond donors (Lipinski definition) is 2. The third kappa shape index (κ3) is 4.54. The highest BCUT2D eigenvalue weighted by Crippen LogP contribution is 2.28. The van der Waals surface area contributed by atoms with Crippen LogP contribution in [-0.4, -0.2) is 23.0 Å². The average Bonchev–Trinajstić information content (AvgIpc) is 2.69. The summed E-state index contributed by atoms with van der Waals surface area (Å²) in [7, 11) is 1.52. The fourth-order valence-electron chi connectivity index (χ4n) is 2.58. The number of hydrogen-bond acceptors (Lipinski definition) is 5. The molecule has 0 unspecified atom stereocenters. The Balaban J connectivity index is 1.81. The molecule has 1 aromatic heterocycles. The molecule has 0 aliphatic carbocycles. The summed E-state index contributed by atoms with van der Waals surface area (Å²) < 4.78 is 5.25. The Hall–Kier alpha value is -3.12. The number of rotatable bonds is 6. The Morgan fingerprint density at radius 3 is 2.74 bits per heavy atom. The zero-order valence-corrected chi connectivity index (χ0v) is 15.7.